The lowest BCUT2D eigenvalue weighted by Gasteiger charge is -2.17. The van der Waals surface area contributed by atoms with E-state index in [1.807, 2.05) is 12.3 Å². The quantitative estimate of drug-likeness (QED) is 0.675. The molecule has 3 heteroatoms. The van der Waals surface area contributed by atoms with Crippen LogP contribution in [0.1, 0.15) is 37.9 Å². The zero-order valence-corrected chi connectivity index (χ0v) is 8.83. The van der Waals surface area contributed by atoms with Gasteiger partial charge in [0.2, 0.25) is 0 Å². The van der Waals surface area contributed by atoms with Crippen molar-refractivity contribution in [2.24, 2.45) is 5.73 Å². The average molecular weight is 189 g/mol. The standard InChI is InChI=1S/C11H15N3/c1-11(2,3)10-6-13-8-4-7(12)5-9(8)14-10/h4,6H,5,12H2,1-3H3. The lowest BCUT2D eigenvalue weighted by atomic mass is 9.92. The summed E-state index contributed by atoms with van der Waals surface area (Å²) in [5, 5.41) is 0. The topological polar surface area (TPSA) is 51.8 Å². The van der Waals surface area contributed by atoms with Gasteiger partial charge in [-0.25, -0.2) is 0 Å². The lowest BCUT2D eigenvalue weighted by molar-refractivity contribution is 0.562. The Kier molecular flexibility index (Phi) is 1.84. The van der Waals surface area contributed by atoms with Gasteiger partial charge in [0.25, 0.3) is 0 Å². The molecule has 0 saturated carbocycles. The molecule has 14 heavy (non-hydrogen) atoms. The van der Waals surface area contributed by atoms with E-state index < -0.39 is 0 Å². The molecule has 1 aromatic heterocycles. The summed E-state index contributed by atoms with van der Waals surface area (Å²) in [5.41, 5.74) is 9.60. The van der Waals surface area contributed by atoms with Gasteiger partial charge < -0.3 is 5.73 Å². The number of fused-ring (bicyclic) bond motifs is 1. The Morgan fingerprint density at radius 2 is 2.07 bits per heavy atom. The monoisotopic (exact) mass is 189 g/mol. The van der Waals surface area contributed by atoms with E-state index in [2.05, 4.69) is 30.7 Å². The number of aromatic nitrogens is 2. The van der Waals surface area contributed by atoms with Gasteiger partial charge in [0.15, 0.2) is 0 Å². The summed E-state index contributed by atoms with van der Waals surface area (Å²) >= 11 is 0. The van der Waals surface area contributed by atoms with Crippen LogP contribution in [0.2, 0.25) is 0 Å². The minimum absolute atomic E-state index is 0.0549. The molecule has 0 saturated heterocycles. The molecule has 1 aliphatic rings. The fourth-order valence-corrected chi connectivity index (χ4v) is 1.47. The van der Waals surface area contributed by atoms with Gasteiger partial charge in [-0.1, -0.05) is 20.8 Å². The van der Waals surface area contributed by atoms with E-state index in [1.165, 1.54) is 0 Å². The summed E-state index contributed by atoms with van der Waals surface area (Å²) in [4.78, 5) is 8.94. The fourth-order valence-electron chi connectivity index (χ4n) is 1.47. The van der Waals surface area contributed by atoms with Crippen LogP contribution in [0.4, 0.5) is 0 Å². The molecular weight excluding hydrogens is 174 g/mol. The fraction of sp³-hybridized carbons (Fsp3) is 0.455. The molecule has 0 fully saturated rings. The smallest absolute Gasteiger partial charge is 0.0866 e. The van der Waals surface area contributed by atoms with Crippen molar-refractivity contribution in [2.45, 2.75) is 32.6 Å². The van der Waals surface area contributed by atoms with Crippen molar-refractivity contribution in [3.8, 4) is 0 Å². The zero-order chi connectivity index (χ0) is 10.3. The molecule has 0 radical (unpaired) electrons. The highest BCUT2D eigenvalue weighted by molar-refractivity contribution is 5.57. The number of nitrogens with two attached hydrogens (primary N) is 1. The summed E-state index contributed by atoms with van der Waals surface area (Å²) in [6.45, 7) is 6.40. The van der Waals surface area contributed by atoms with E-state index in [9.17, 15) is 0 Å². The van der Waals surface area contributed by atoms with Crippen LogP contribution in [-0.2, 0) is 11.8 Å². The zero-order valence-electron chi connectivity index (χ0n) is 8.83. The first-order chi connectivity index (χ1) is 6.47. The molecule has 0 bridgehead atoms. The normalized spacial score (nSPS) is 15.2. The summed E-state index contributed by atoms with van der Waals surface area (Å²) in [7, 11) is 0. The van der Waals surface area contributed by atoms with Gasteiger partial charge in [0.1, 0.15) is 0 Å². The molecule has 0 unspecified atom stereocenters. The van der Waals surface area contributed by atoms with Crippen molar-refractivity contribution in [1.82, 2.24) is 9.97 Å². The van der Waals surface area contributed by atoms with E-state index >= 15 is 0 Å². The molecule has 2 N–H and O–H groups in total. The molecule has 0 aromatic carbocycles. The van der Waals surface area contributed by atoms with Crippen molar-refractivity contribution >= 4 is 6.08 Å². The highest BCUT2D eigenvalue weighted by Crippen LogP contribution is 2.24. The van der Waals surface area contributed by atoms with Crippen molar-refractivity contribution in [3.63, 3.8) is 0 Å². The Morgan fingerprint density at radius 1 is 1.36 bits per heavy atom. The van der Waals surface area contributed by atoms with E-state index in [1.54, 1.807) is 0 Å². The van der Waals surface area contributed by atoms with Crippen molar-refractivity contribution in [1.29, 1.82) is 0 Å². The van der Waals surface area contributed by atoms with Crippen LogP contribution in [0, 0.1) is 0 Å². The largest absolute Gasteiger partial charge is 0.402 e. The van der Waals surface area contributed by atoms with Crippen LogP contribution in [-0.4, -0.2) is 9.97 Å². The maximum atomic E-state index is 5.73. The summed E-state index contributed by atoms with van der Waals surface area (Å²) in [6.07, 6.45) is 4.48. The number of rotatable bonds is 0. The molecule has 3 nitrogen and oxygen atoms in total. The van der Waals surface area contributed by atoms with Crippen LogP contribution in [0.3, 0.4) is 0 Å². The summed E-state index contributed by atoms with van der Waals surface area (Å²) < 4.78 is 0. The minimum Gasteiger partial charge on any atom is -0.402 e. The van der Waals surface area contributed by atoms with E-state index in [0.717, 1.165) is 29.2 Å². The van der Waals surface area contributed by atoms with Crippen molar-refractivity contribution in [2.75, 3.05) is 0 Å². The second-order valence-corrected chi connectivity index (χ2v) is 4.73. The molecule has 0 atom stereocenters. The molecule has 0 amide bonds. The Hall–Kier alpha value is -1.38. The van der Waals surface area contributed by atoms with Crippen LogP contribution in [0.5, 0.6) is 0 Å². The number of nitrogens with zero attached hydrogens (tertiary/aromatic N) is 2. The van der Waals surface area contributed by atoms with E-state index in [4.69, 9.17) is 5.73 Å². The van der Waals surface area contributed by atoms with Crippen LogP contribution in [0.25, 0.3) is 6.08 Å². The Morgan fingerprint density at radius 3 is 2.71 bits per heavy atom. The number of allylic oxidation sites excluding steroid dienone is 1. The minimum atomic E-state index is 0.0549. The second kappa shape index (κ2) is 2.80. The van der Waals surface area contributed by atoms with Crippen LogP contribution >= 0.6 is 0 Å². The third-order valence-corrected chi connectivity index (χ3v) is 2.34. The van der Waals surface area contributed by atoms with E-state index in [0.29, 0.717) is 0 Å². The van der Waals surface area contributed by atoms with Gasteiger partial charge in [-0.3, -0.25) is 9.97 Å². The number of hydrogen-bond donors (Lipinski definition) is 1. The van der Waals surface area contributed by atoms with Gasteiger partial charge in [0, 0.05) is 23.7 Å². The third-order valence-electron chi connectivity index (χ3n) is 2.34. The molecular formula is C11H15N3. The third kappa shape index (κ3) is 1.50. The Bertz CT molecular complexity index is 399. The first-order valence-electron chi connectivity index (χ1n) is 4.79. The van der Waals surface area contributed by atoms with E-state index in [-0.39, 0.29) is 5.41 Å². The first kappa shape index (κ1) is 9.19. The van der Waals surface area contributed by atoms with Crippen LogP contribution in [0.15, 0.2) is 11.9 Å². The Balaban J connectivity index is 2.42. The average Bonchev–Trinajstić information content (AvgIpc) is 2.41. The lowest BCUT2D eigenvalue weighted by Crippen LogP contribution is -2.15. The molecule has 0 spiro atoms. The maximum Gasteiger partial charge on any atom is 0.0866 e. The van der Waals surface area contributed by atoms with Crippen molar-refractivity contribution in [3.05, 3.63) is 29.0 Å². The predicted molar refractivity (Wildman–Crippen MR) is 56.6 cm³/mol. The second-order valence-electron chi connectivity index (χ2n) is 4.73. The molecule has 1 aromatic rings. The summed E-state index contributed by atoms with van der Waals surface area (Å²) in [5.74, 6) is 0. The highest BCUT2D eigenvalue weighted by atomic mass is 14.9. The van der Waals surface area contributed by atoms with Gasteiger partial charge in [-0.2, -0.15) is 0 Å². The highest BCUT2D eigenvalue weighted by Gasteiger charge is 2.20. The SMILES string of the molecule is CC(C)(C)c1cnc2c(n1)CC(N)=C2. The predicted octanol–water partition coefficient (Wildman–Crippen LogP) is 1.63. The number of hydrogen-bond acceptors (Lipinski definition) is 3. The van der Waals surface area contributed by atoms with Crippen LogP contribution < -0.4 is 5.73 Å². The van der Waals surface area contributed by atoms with Crippen molar-refractivity contribution < 1.29 is 0 Å². The van der Waals surface area contributed by atoms with Gasteiger partial charge in [-0.05, 0) is 6.08 Å². The van der Waals surface area contributed by atoms with Gasteiger partial charge >= 0.3 is 0 Å². The first-order valence-corrected chi connectivity index (χ1v) is 4.79. The maximum absolute atomic E-state index is 5.73. The Labute approximate surface area is 84.1 Å². The molecule has 2 rings (SSSR count). The molecule has 74 valence electrons. The molecule has 0 aliphatic heterocycles. The molecule has 1 aliphatic carbocycles. The van der Waals surface area contributed by atoms with Gasteiger partial charge in [-0.15, -0.1) is 0 Å². The summed E-state index contributed by atoms with van der Waals surface area (Å²) in [6, 6.07) is 0. The van der Waals surface area contributed by atoms with Gasteiger partial charge in [0.05, 0.1) is 17.1 Å². The molecule has 1 heterocycles.